The molecule has 13 heavy (non-hydrogen) atoms. The summed E-state index contributed by atoms with van der Waals surface area (Å²) in [5.74, 6) is -0.0492. The quantitative estimate of drug-likeness (QED) is 0.616. The van der Waals surface area contributed by atoms with Crippen LogP contribution in [0, 0.1) is 5.41 Å². The highest BCUT2D eigenvalue weighted by Gasteiger charge is 2.32. The SMILES string of the molecule is CCCC(C)(CC)C(=O)OC(C)C. The first-order valence-electron chi connectivity index (χ1n) is 5.17. The molecular formula is C11H22O2. The van der Waals surface area contributed by atoms with Crippen LogP contribution in [0.1, 0.15) is 53.9 Å². The molecule has 0 radical (unpaired) electrons. The van der Waals surface area contributed by atoms with Crippen molar-refractivity contribution in [1.29, 1.82) is 0 Å². The Balaban J connectivity index is 4.28. The van der Waals surface area contributed by atoms with Gasteiger partial charge in [0.25, 0.3) is 0 Å². The summed E-state index contributed by atoms with van der Waals surface area (Å²) in [5.41, 5.74) is -0.279. The molecule has 0 saturated carbocycles. The summed E-state index contributed by atoms with van der Waals surface area (Å²) in [6, 6.07) is 0. The maximum atomic E-state index is 11.7. The number of esters is 1. The Labute approximate surface area is 81.7 Å². The highest BCUT2D eigenvalue weighted by molar-refractivity contribution is 5.76. The molecule has 1 unspecified atom stereocenters. The number of carbonyl (C=O) groups is 1. The minimum absolute atomic E-state index is 0.00442. The predicted octanol–water partition coefficient (Wildman–Crippen LogP) is 3.15. The van der Waals surface area contributed by atoms with Crippen LogP contribution in [0.2, 0.25) is 0 Å². The molecule has 0 aliphatic rings. The molecule has 0 bridgehead atoms. The van der Waals surface area contributed by atoms with Crippen molar-refractivity contribution in [3.05, 3.63) is 0 Å². The van der Waals surface area contributed by atoms with Crippen LogP contribution in [0.15, 0.2) is 0 Å². The second kappa shape index (κ2) is 5.25. The van der Waals surface area contributed by atoms with Gasteiger partial charge >= 0.3 is 5.97 Å². The third-order valence-electron chi connectivity index (χ3n) is 2.42. The van der Waals surface area contributed by atoms with Gasteiger partial charge in [0.15, 0.2) is 0 Å². The van der Waals surface area contributed by atoms with E-state index in [2.05, 4.69) is 6.92 Å². The minimum atomic E-state index is -0.279. The molecule has 0 amide bonds. The second-order valence-corrected chi connectivity index (χ2v) is 4.12. The molecule has 1 atom stereocenters. The maximum absolute atomic E-state index is 11.7. The lowest BCUT2D eigenvalue weighted by atomic mass is 9.83. The number of hydrogen-bond acceptors (Lipinski definition) is 2. The molecule has 0 aromatic heterocycles. The monoisotopic (exact) mass is 186 g/mol. The molecule has 0 aromatic carbocycles. The minimum Gasteiger partial charge on any atom is -0.463 e. The highest BCUT2D eigenvalue weighted by Crippen LogP contribution is 2.29. The normalized spacial score (nSPS) is 15.5. The van der Waals surface area contributed by atoms with Gasteiger partial charge in [-0.05, 0) is 33.6 Å². The van der Waals surface area contributed by atoms with Gasteiger partial charge in [0.1, 0.15) is 0 Å². The molecule has 0 N–H and O–H groups in total. The third-order valence-corrected chi connectivity index (χ3v) is 2.42. The molecule has 78 valence electrons. The van der Waals surface area contributed by atoms with E-state index in [0.717, 1.165) is 19.3 Å². The van der Waals surface area contributed by atoms with Crippen molar-refractivity contribution in [2.45, 2.75) is 60.0 Å². The Kier molecular flexibility index (Phi) is 5.04. The first-order chi connectivity index (χ1) is 5.96. The molecule has 0 rings (SSSR count). The number of carbonyl (C=O) groups excluding carboxylic acids is 1. The second-order valence-electron chi connectivity index (χ2n) is 4.12. The first-order valence-corrected chi connectivity index (χ1v) is 5.17. The molecule has 0 aromatic rings. The standard InChI is InChI=1S/C11H22O2/c1-6-8-11(5,7-2)10(12)13-9(3)4/h9H,6-8H2,1-5H3. The first kappa shape index (κ1) is 12.5. The Morgan fingerprint density at radius 3 is 2.23 bits per heavy atom. The molecular weight excluding hydrogens is 164 g/mol. The summed E-state index contributed by atoms with van der Waals surface area (Å²) in [4.78, 5) is 11.7. The van der Waals surface area contributed by atoms with E-state index in [1.54, 1.807) is 0 Å². The lowest BCUT2D eigenvalue weighted by molar-refractivity contribution is -0.159. The molecule has 0 saturated heterocycles. The van der Waals surface area contributed by atoms with Crippen molar-refractivity contribution in [2.75, 3.05) is 0 Å². The fourth-order valence-electron chi connectivity index (χ4n) is 1.33. The van der Waals surface area contributed by atoms with E-state index in [4.69, 9.17) is 4.74 Å². The Hall–Kier alpha value is -0.530. The van der Waals surface area contributed by atoms with E-state index in [1.807, 2.05) is 27.7 Å². The Morgan fingerprint density at radius 1 is 1.38 bits per heavy atom. The van der Waals surface area contributed by atoms with Crippen molar-refractivity contribution in [3.63, 3.8) is 0 Å². The molecule has 2 nitrogen and oxygen atoms in total. The van der Waals surface area contributed by atoms with Crippen LogP contribution in [0.3, 0.4) is 0 Å². The Morgan fingerprint density at radius 2 is 1.92 bits per heavy atom. The van der Waals surface area contributed by atoms with Crippen LogP contribution in [-0.2, 0) is 9.53 Å². The number of hydrogen-bond donors (Lipinski definition) is 0. The summed E-state index contributed by atoms with van der Waals surface area (Å²) in [6.07, 6.45) is 2.79. The van der Waals surface area contributed by atoms with E-state index in [-0.39, 0.29) is 17.5 Å². The molecule has 0 spiro atoms. The smallest absolute Gasteiger partial charge is 0.312 e. The van der Waals surface area contributed by atoms with Gasteiger partial charge in [-0.1, -0.05) is 20.3 Å². The lowest BCUT2D eigenvalue weighted by Gasteiger charge is -2.26. The number of ether oxygens (including phenoxy) is 1. The van der Waals surface area contributed by atoms with Crippen molar-refractivity contribution >= 4 is 5.97 Å². The largest absolute Gasteiger partial charge is 0.463 e. The zero-order valence-corrected chi connectivity index (χ0v) is 9.52. The number of rotatable bonds is 5. The van der Waals surface area contributed by atoms with E-state index in [1.165, 1.54) is 0 Å². The van der Waals surface area contributed by atoms with Crippen molar-refractivity contribution in [3.8, 4) is 0 Å². The average molecular weight is 186 g/mol. The van der Waals surface area contributed by atoms with Gasteiger partial charge in [-0.15, -0.1) is 0 Å². The summed E-state index contributed by atoms with van der Waals surface area (Å²) in [7, 11) is 0. The fourth-order valence-corrected chi connectivity index (χ4v) is 1.33. The van der Waals surface area contributed by atoms with E-state index in [9.17, 15) is 4.79 Å². The fraction of sp³-hybridized carbons (Fsp3) is 0.909. The third kappa shape index (κ3) is 3.79. The average Bonchev–Trinajstić information content (AvgIpc) is 2.03. The van der Waals surface area contributed by atoms with Crippen molar-refractivity contribution in [1.82, 2.24) is 0 Å². The van der Waals surface area contributed by atoms with Gasteiger partial charge in [-0.2, -0.15) is 0 Å². The van der Waals surface area contributed by atoms with Crippen LogP contribution in [0.4, 0.5) is 0 Å². The zero-order valence-electron chi connectivity index (χ0n) is 9.52. The molecule has 0 fully saturated rings. The van der Waals surface area contributed by atoms with Gasteiger partial charge in [-0.25, -0.2) is 0 Å². The highest BCUT2D eigenvalue weighted by atomic mass is 16.5. The van der Waals surface area contributed by atoms with Gasteiger partial charge in [0.2, 0.25) is 0 Å². The van der Waals surface area contributed by atoms with Crippen LogP contribution in [0.25, 0.3) is 0 Å². The van der Waals surface area contributed by atoms with E-state index >= 15 is 0 Å². The van der Waals surface area contributed by atoms with Gasteiger partial charge in [0.05, 0.1) is 11.5 Å². The predicted molar refractivity (Wildman–Crippen MR) is 54.5 cm³/mol. The summed E-state index contributed by atoms with van der Waals surface area (Å²) in [6.45, 7) is 9.90. The Bertz CT molecular complexity index is 163. The zero-order chi connectivity index (χ0) is 10.5. The van der Waals surface area contributed by atoms with E-state index in [0.29, 0.717) is 0 Å². The van der Waals surface area contributed by atoms with Crippen LogP contribution in [0.5, 0.6) is 0 Å². The molecule has 0 aliphatic heterocycles. The maximum Gasteiger partial charge on any atom is 0.312 e. The molecule has 0 heterocycles. The van der Waals surface area contributed by atoms with Gasteiger partial charge in [-0.3, -0.25) is 4.79 Å². The van der Waals surface area contributed by atoms with Crippen LogP contribution >= 0.6 is 0 Å². The van der Waals surface area contributed by atoms with Gasteiger partial charge < -0.3 is 4.74 Å². The summed E-state index contributed by atoms with van der Waals surface area (Å²) >= 11 is 0. The topological polar surface area (TPSA) is 26.3 Å². The molecule has 0 aliphatic carbocycles. The van der Waals surface area contributed by atoms with Crippen molar-refractivity contribution < 1.29 is 9.53 Å². The summed E-state index contributed by atoms with van der Waals surface area (Å²) < 4.78 is 5.22. The summed E-state index contributed by atoms with van der Waals surface area (Å²) in [5, 5.41) is 0. The van der Waals surface area contributed by atoms with Gasteiger partial charge in [0, 0.05) is 0 Å². The lowest BCUT2D eigenvalue weighted by Crippen LogP contribution is -2.31. The van der Waals surface area contributed by atoms with E-state index < -0.39 is 0 Å². The van der Waals surface area contributed by atoms with Crippen LogP contribution < -0.4 is 0 Å². The van der Waals surface area contributed by atoms with Crippen molar-refractivity contribution in [2.24, 2.45) is 5.41 Å². The molecule has 2 heteroatoms. The van der Waals surface area contributed by atoms with Crippen LogP contribution in [-0.4, -0.2) is 12.1 Å².